The van der Waals surface area contributed by atoms with E-state index in [2.05, 4.69) is 252 Å². The summed E-state index contributed by atoms with van der Waals surface area (Å²) < 4.78 is 2.40. The Bertz CT molecular complexity index is 3620. The molecule has 0 atom stereocenters. The predicted molar refractivity (Wildman–Crippen MR) is 264 cm³/mol. The van der Waals surface area contributed by atoms with E-state index in [1.807, 2.05) is 0 Å². The fourth-order valence-corrected chi connectivity index (χ4v) is 9.87. The van der Waals surface area contributed by atoms with E-state index in [4.69, 9.17) is 0 Å². The van der Waals surface area contributed by atoms with E-state index in [1.54, 1.807) is 0 Å². The Morgan fingerprint density at radius 2 is 0.839 bits per heavy atom. The zero-order valence-electron chi connectivity index (χ0n) is 34.0. The second-order valence-corrected chi connectivity index (χ2v) is 16.0. The van der Waals surface area contributed by atoms with Gasteiger partial charge in [-0.15, -0.1) is 0 Å². The van der Waals surface area contributed by atoms with Gasteiger partial charge in [0.05, 0.1) is 16.7 Å². The van der Waals surface area contributed by atoms with Crippen LogP contribution in [0.5, 0.6) is 0 Å². The summed E-state index contributed by atoms with van der Waals surface area (Å²) in [5.41, 5.74) is 14.0. The first kappa shape index (κ1) is 35.7. The highest BCUT2D eigenvalue weighted by Crippen LogP contribution is 2.49. The number of aromatic nitrogens is 1. The summed E-state index contributed by atoms with van der Waals surface area (Å²) in [5.74, 6) is 0. The van der Waals surface area contributed by atoms with Crippen molar-refractivity contribution in [1.82, 2.24) is 4.57 Å². The largest absolute Gasteiger partial charge is 0.310 e. The first-order valence-electron chi connectivity index (χ1n) is 21.4. The van der Waals surface area contributed by atoms with E-state index in [1.165, 1.54) is 81.9 Å². The van der Waals surface area contributed by atoms with Gasteiger partial charge in [-0.25, -0.2) is 0 Å². The molecule has 0 aliphatic carbocycles. The van der Waals surface area contributed by atoms with Crippen LogP contribution in [0.15, 0.2) is 243 Å². The van der Waals surface area contributed by atoms with Crippen molar-refractivity contribution >= 4 is 71.2 Å². The number of hydrogen-bond acceptors (Lipinski definition) is 1. The van der Waals surface area contributed by atoms with Crippen LogP contribution in [0.1, 0.15) is 0 Å². The number of fused-ring (bicyclic) bond motifs is 7. The lowest BCUT2D eigenvalue weighted by Gasteiger charge is -2.29. The van der Waals surface area contributed by atoms with Crippen LogP contribution in [0.3, 0.4) is 0 Å². The van der Waals surface area contributed by atoms with Gasteiger partial charge in [0.2, 0.25) is 0 Å². The molecule has 2 heteroatoms. The molecule has 0 aliphatic heterocycles. The molecule has 0 radical (unpaired) electrons. The van der Waals surface area contributed by atoms with Crippen molar-refractivity contribution in [1.29, 1.82) is 0 Å². The van der Waals surface area contributed by atoms with Gasteiger partial charge < -0.3 is 9.47 Å². The van der Waals surface area contributed by atoms with Gasteiger partial charge >= 0.3 is 0 Å². The zero-order chi connectivity index (χ0) is 41.0. The fourth-order valence-electron chi connectivity index (χ4n) is 9.87. The summed E-state index contributed by atoms with van der Waals surface area (Å²) in [6, 6.07) is 88.6. The molecule has 0 unspecified atom stereocenters. The van der Waals surface area contributed by atoms with E-state index in [9.17, 15) is 0 Å². The van der Waals surface area contributed by atoms with E-state index in [0.717, 1.165) is 28.3 Å². The maximum absolute atomic E-state index is 2.47. The monoisotopic (exact) mass is 788 g/mol. The Morgan fingerprint density at radius 1 is 0.306 bits per heavy atom. The highest BCUT2D eigenvalue weighted by molar-refractivity contribution is 6.22. The number of anilines is 3. The van der Waals surface area contributed by atoms with Crippen LogP contribution >= 0.6 is 0 Å². The molecule has 62 heavy (non-hydrogen) atoms. The molecule has 2 nitrogen and oxygen atoms in total. The Hall–Kier alpha value is -8.20. The van der Waals surface area contributed by atoms with Gasteiger partial charge in [0.1, 0.15) is 0 Å². The van der Waals surface area contributed by atoms with Crippen LogP contribution in [-0.2, 0) is 0 Å². The van der Waals surface area contributed by atoms with Crippen molar-refractivity contribution in [2.24, 2.45) is 0 Å². The molecule has 1 heterocycles. The minimum absolute atomic E-state index is 1.09. The molecule has 0 amide bonds. The maximum Gasteiger partial charge on any atom is 0.0547 e. The molecule has 12 aromatic rings. The van der Waals surface area contributed by atoms with E-state index >= 15 is 0 Å². The third kappa shape index (κ3) is 5.80. The molecule has 0 spiro atoms. The minimum Gasteiger partial charge on any atom is -0.310 e. The summed E-state index contributed by atoms with van der Waals surface area (Å²) in [7, 11) is 0. The lowest BCUT2D eigenvalue weighted by molar-refractivity contribution is 1.18. The van der Waals surface area contributed by atoms with Crippen molar-refractivity contribution in [3.63, 3.8) is 0 Å². The summed E-state index contributed by atoms with van der Waals surface area (Å²) in [6.07, 6.45) is 0. The Balaban J connectivity index is 1.17. The van der Waals surface area contributed by atoms with Gasteiger partial charge in [-0.1, -0.05) is 188 Å². The van der Waals surface area contributed by atoms with Crippen molar-refractivity contribution in [3.8, 4) is 39.1 Å². The second-order valence-electron chi connectivity index (χ2n) is 16.0. The van der Waals surface area contributed by atoms with Crippen LogP contribution in [0.2, 0.25) is 0 Å². The molecule has 0 saturated heterocycles. The van der Waals surface area contributed by atoms with Crippen molar-refractivity contribution in [3.05, 3.63) is 243 Å². The van der Waals surface area contributed by atoms with Gasteiger partial charge in [-0.2, -0.15) is 0 Å². The van der Waals surface area contributed by atoms with Crippen LogP contribution in [0, 0.1) is 0 Å². The highest BCUT2D eigenvalue weighted by atomic mass is 15.1. The Kier molecular flexibility index (Phi) is 8.53. The zero-order valence-corrected chi connectivity index (χ0v) is 34.0. The molecule has 0 bridgehead atoms. The molecule has 290 valence electrons. The quantitative estimate of drug-likeness (QED) is 0.146. The molecule has 11 aromatic carbocycles. The SMILES string of the molecule is c1ccc(-c2c(-c3ccccc3)c3cc(N(c4ccc5ccccc5c4)c4ccccc4-c4cccc5c4c4ccccc4n5-c4ccccc4)ccc3c3ccccc23)cc1. The topological polar surface area (TPSA) is 8.17 Å². The van der Waals surface area contributed by atoms with Gasteiger partial charge in [-0.05, 0) is 115 Å². The molecule has 1 aromatic heterocycles. The average Bonchev–Trinajstić information content (AvgIpc) is 3.69. The molecule has 0 aliphatic rings. The third-order valence-electron chi connectivity index (χ3n) is 12.5. The van der Waals surface area contributed by atoms with Crippen LogP contribution in [-0.4, -0.2) is 4.57 Å². The lowest BCUT2D eigenvalue weighted by atomic mass is 9.85. The summed E-state index contributed by atoms with van der Waals surface area (Å²) >= 11 is 0. The Morgan fingerprint density at radius 3 is 1.61 bits per heavy atom. The second kappa shape index (κ2) is 14.8. The average molecular weight is 789 g/mol. The summed E-state index contributed by atoms with van der Waals surface area (Å²) in [4.78, 5) is 2.47. The summed E-state index contributed by atoms with van der Waals surface area (Å²) in [6.45, 7) is 0. The predicted octanol–water partition coefficient (Wildman–Crippen LogP) is 16.7. The van der Waals surface area contributed by atoms with Crippen LogP contribution < -0.4 is 4.90 Å². The molecular formula is C60H40N2. The standard InChI is InChI=1S/C60H40N2/c1-4-20-42(21-5-1)58-51-29-13-12-27-48(51)49-38-37-47(40-54(49)59(58)43-22-6-2-7-23-43)61(46-36-35-41-19-10-11-24-44(41)39-46)55-32-16-14-28-50(55)52-31-18-34-57-60(52)53-30-15-17-33-56(53)62(57)45-25-8-3-9-26-45/h1-40H. The minimum atomic E-state index is 1.09. The molecule has 12 rings (SSSR count). The maximum atomic E-state index is 2.47. The van der Waals surface area contributed by atoms with Crippen LogP contribution in [0.4, 0.5) is 17.1 Å². The normalized spacial score (nSPS) is 11.5. The highest BCUT2D eigenvalue weighted by Gasteiger charge is 2.24. The van der Waals surface area contributed by atoms with Crippen molar-refractivity contribution in [2.45, 2.75) is 0 Å². The first-order chi connectivity index (χ1) is 30.8. The number of nitrogens with zero attached hydrogens (tertiary/aromatic N) is 2. The van der Waals surface area contributed by atoms with Crippen molar-refractivity contribution in [2.75, 3.05) is 4.90 Å². The van der Waals surface area contributed by atoms with Gasteiger partial charge in [0.15, 0.2) is 0 Å². The lowest BCUT2D eigenvalue weighted by Crippen LogP contribution is -2.11. The third-order valence-corrected chi connectivity index (χ3v) is 12.5. The van der Waals surface area contributed by atoms with Crippen molar-refractivity contribution < 1.29 is 0 Å². The summed E-state index contributed by atoms with van der Waals surface area (Å²) in [5, 5.41) is 9.81. The van der Waals surface area contributed by atoms with Gasteiger partial charge in [0.25, 0.3) is 0 Å². The molecule has 0 N–H and O–H groups in total. The Labute approximate surface area is 360 Å². The van der Waals surface area contributed by atoms with Crippen LogP contribution in [0.25, 0.3) is 93.2 Å². The number of para-hydroxylation sites is 3. The van der Waals surface area contributed by atoms with E-state index in [0.29, 0.717) is 0 Å². The van der Waals surface area contributed by atoms with E-state index in [-0.39, 0.29) is 0 Å². The first-order valence-corrected chi connectivity index (χ1v) is 21.4. The molecule has 0 saturated carbocycles. The number of rotatable bonds is 7. The number of hydrogen-bond donors (Lipinski definition) is 0. The molecular weight excluding hydrogens is 749 g/mol. The van der Waals surface area contributed by atoms with E-state index < -0.39 is 0 Å². The van der Waals surface area contributed by atoms with Gasteiger partial charge in [-0.3, -0.25) is 0 Å². The molecule has 0 fully saturated rings. The number of benzene rings is 11. The smallest absolute Gasteiger partial charge is 0.0547 e. The fraction of sp³-hybridized carbons (Fsp3) is 0. The van der Waals surface area contributed by atoms with Gasteiger partial charge in [0, 0.05) is 33.4 Å².